The molecule has 0 aliphatic rings. The van der Waals surface area contributed by atoms with Crippen LogP contribution in [-0.4, -0.2) is 17.9 Å². The second kappa shape index (κ2) is 6.14. The molecule has 78 valence electrons. The second-order valence-electron chi connectivity index (χ2n) is 4.25. The summed E-state index contributed by atoms with van der Waals surface area (Å²) in [5.74, 6) is 0.531. The highest BCUT2D eigenvalue weighted by Crippen LogP contribution is 2.06. The molecule has 0 radical (unpaired) electrons. The van der Waals surface area contributed by atoms with Gasteiger partial charge in [-0.05, 0) is 6.42 Å². The molecule has 0 bridgehead atoms. The summed E-state index contributed by atoms with van der Waals surface area (Å²) in [4.78, 5) is 11.5. The highest BCUT2D eigenvalue weighted by molar-refractivity contribution is 5.80. The predicted molar refractivity (Wildman–Crippen MR) is 56.8 cm³/mol. The Bertz CT molecular complexity index is 152. The van der Waals surface area contributed by atoms with Gasteiger partial charge in [0.15, 0.2) is 0 Å². The van der Waals surface area contributed by atoms with E-state index in [2.05, 4.69) is 26.1 Å². The highest BCUT2D eigenvalue weighted by Gasteiger charge is 2.14. The third kappa shape index (κ3) is 5.81. The number of rotatable bonds is 6. The molecule has 1 unspecified atom stereocenters. The molecule has 13 heavy (non-hydrogen) atoms. The van der Waals surface area contributed by atoms with Crippen LogP contribution in [0.15, 0.2) is 0 Å². The maximum Gasteiger partial charge on any atom is 0.136 e. The van der Waals surface area contributed by atoms with Crippen molar-refractivity contribution in [2.24, 2.45) is 5.92 Å². The van der Waals surface area contributed by atoms with Crippen LogP contribution in [0.3, 0.4) is 0 Å². The van der Waals surface area contributed by atoms with Crippen LogP contribution in [0, 0.1) is 5.92 Å². The van der Waals surface area contributed by atoms with Gasteiger partial charge in [0, 0.05) is 24.4 Å². The van der Waals surface area contributed by atoms with Gasteiger partial charge in [-0.1, -0.05) is 34.6 Å². The van der Waals surface area contributed by atoms with Crippen LogP contribution in [0.2, 0.25) is 0 Å². The minimum Gasteiger partial charge on any atom is -0.311 e. The molecular weight excluding hydrogens is 162 g/mol. The quantitative estimate of drug-likeness (QED) is 0.688. The van der Waals surface area contributed by atoms with E-state index in [-0.39, 0.29) is 5.92 Å². The van der Waals surface area contributed by atoms with Crippen molar-refractivity contribution < 1.29 is 4.79 Å². The standard InChI is InChI=1S/C11H23NO/c1-6-10(12-9(4)5)7-11(13)8(2)3/h8-10,12H,6-7H2,1-5H3. The number of Topliss-reactive ketones (excluding diaryl/α,β-unsaturated/α-hetero) is 1. The summed E-state index contributed by atoms with van der Waals surface area (Å²) in [6, 6.07) is 0.819. The zero-order valence-corrected chi connectivity index (χ0v) is 9.55. The molecular formula is C11H23NO. The minimum absolute atomic E-state index is 0.169. The molecule has 0 fully saturated rings. The van der Waals surface area contributed by atoms with Gasteiger partial charge in [0.2, 0.25) is 0 Å². The predicted octanol–water partition coefficient (Wildman–Crippen LogP) is 2.38. The third-order valence-electron chi connectivity index (χ3n) is 2.15. The van der Waals surface area contributed by atoms with Crippen LogP contribution in [0.1, 0.15) is 47.5 Å². The van der Waals surface area contributed by atoms with Gasteiger partial charge in [0.05, 0.1) is 0 Å². The van der Waals surface area contributed by atoms with Crippen LogP contribution in [0.5, 0.6) is 0 Å². The molecule has 2 nitrogen and oxygen atoms in total. The number of ketones is 1. The lowest BCUT2D eigenvalue weighted by Crippen LogP contribution is -2.36. The normalized spacial score (nSPS) is 13.8. The molecule has 0 saturated carbocycles. The van der Waals surface area contributed by atoms with Crippen molar-refractivity contribution in [1.29, 1.82) is 0 Å². The van der Waals surface area contributed by atoms with E-state index in [4.69, 9.17) is 0 Å². The lowest BCUT2D eigenvalue weighted by Gasteiger charge is -2.19. The van der Waals surface area contributed by atoms with E-state index in [9.17, 15) is 4.79 Å². The molecule has 0 aliphatic heterocycles. The summed E-state index contributed by atoms with van der Waals surface area (Å²) in [6.45, 7) is 10.3. The monoisotopic (exact) mass is 185 g/mol. The van der Waals surface area contributed by atoms with E-state index in [1.54, 1.807) is 0 Å². The van der Waals surface area contributed by atoms with E-state index in [1.807, 2.05) is 13.8 Å². The molecule has 0 aromatic rings. The zero-order chi connectivity index (χ0) is 10.4. The Balaban J connectivity index is 3.90. The van der Waals surface area contributed by atoms with Crippen molar-refractivity contribution in [1.82, 2.24) is 5.32 Å². The fraction of sp³-hybridized carbons (Fsp3) is 0.909. The first-order valence-corrected chi connectivity index (χ1v) is 5.26. The summed E-state index contributed by atoms with van der Waals surface area (Å²) in [7, 11) is 0. The van der Waals surface area contributed by atoms with Crippen LogP contribution >= 0.6 is 0 Å². The van der Waals surface area contributed by atoms with Gasteiger partial charge in [-0.25, -0.2) is 0 Å². The minimum atomic E-state index is 0.169. The highest BCUT2D eigenvalue weighted by atomic mass is 16.1. The van der Waals surface area contributed by atoms with E-state index in [1.165, 1.54) is 0 Å². The maximum atomic E-state index is 11.5. The average Bonchev–Trinajstić information content (AvgIpc) is 2.02. The first-order chi connectivity index (χ1) is 5.97. The molecule has 1 atom stereocenters. The molecule has 0 aromatic heterocycles. The Morgan fingerprint density at radius 3 is 2.08 bits per heavy atom. The van der Waals surface area contributed by atoms with Crippen molar-refractivity contribution in [3.05, 3.63) is 0 Å². The van der Waals surface area contributed by atoms with Crippen LogP contribution < -0.4 is 5.32 Å². The number of hydrogen-bond donors (Lipinski definition) is 1. The van der Waals surface area contributed by atoms with Gasteiger partial charge in [-0.3, -0.25) is 4.79 Å². The number of hydrogen-bond acceptors (Lipinski definition) is 2. The maximum absolute atomic E-state index is 11.5. The van der Waals surface area contributed by atoms with Gasteiger partial charge >= 0.3 is 0 Å². The molecule has 1 N–H and O–H groups in total. The first-order valence-electron chi connectivity index (χ1n) is 5.26. The van der Waals surface area contributed by atoms with Crippen LogP contribution in [0.4, 0.5) is 0 Å². The molecule has 0 rings (SSSR count). The fourth-order valence-electron chi connectivity index (χ4n) is 1.27. The van der Waals surface area contributed by atoms with Gasteiger partial charge in [-0.2, -0.15) is 0 Å². The molecule has 0 amide bonds. The van der Waals surface area contributed by atoms with Gasteiger partial charge < -0.3 is 5.32 Å². The summed E-state index contributed by atoms with van der Waals surface area (Å²) >= 11 is 0. The molecule has 0 saturated heterocycles. The Labute approximate surface area is 82.1 Å². The van der Waals surface area contributed by atoms with Gasteiger partial charge in [0.1, 0.15) is 5.78 Å². The van der Waals surface area contributed by atoms with Crippen molar-refractivity contribution in [2.75, 3.05) is 0 Å². The summed E-state index contributed by atoms with van der Waals surface area (Å²) in [6.07, 6.45) is 1.70. The Hall–Kier alpha value is -0.370. The van der Waals surface area contributed by atoms with E-state index < -0.39 is 0 Å². The zero-order valence-electron chi connectivity index (χ0n) is 9.55. The average molecular weight is 185 g/mol. The van der Waals surface area contributed by atoms with E-state index >= 15 is 0 Å². The lowest BCUT2D eigenvalue weighted by atomic mass is 10.00. The van der Waals surface area contributed by atoms with Crippen LogP contribution in [-0.2, 0) is 4.79 Å². The number of carbonyl (C=O) groups is 1. The molecule has 2 heteroatoms. The van der Waals surface area contributed by atoms with Crippen LogP contribution in [0.25, 0.3) is 0 Å². The molecule has 0 aromatic carbocycles. The largest absolute Gasteiger partial charge is 0.311 e. The number of carbonyl (C=O) groups excluding carboxylic acids is 1. The van der Waals surface area contributed by atoms with Gasteiger partial charge in [0.25, 0.3) is 0 Å². The SMILES string of the molecule is CCC(CC(=O)C(C)C)NC(C)C. The Kier molecular flexibility index (Phi) is 5.97. The Morgan fingerprint density at radius 2 is 1.77 bits per heavy atom. The topological polar surface area (TPSA) is 29.1 Å². The van der Waals surface area contributed by atoms with Crippen molar-refractivity contribution >= 4 is 5.78 Å². The number of nitrogens with one attached hydrogen (secondary N) is 1. The third-order valence-corrected chi connectivity index (χ3v) is 2.15. The molecule has 0 aliphatic carbocycles. The van der Waals surface area contributed by atoms with E-state index in [0.717, 1.165) is 6.42 Å². The summed E-state index contributed by atoms with van der Waals surface area (Å²) in [5.41, 5.74) is 0. The van der Waals surface area contributed by atoms with Crippen molar-refractivity contribution in [3.63, 3.8) is 0 Å². The Morgan fingerprint density at radius 1 is 1.23 bits per heavy atom. The summed E-state index contributed by atoms with van der Waals surface area (Å²) < 4.78 is 0. The van der Waals surface area contributed by atoms with Crippen molar-refractivity contribution in [3.8, 4) is 0 Å². The summed E-state index contributed by atoms with van der Waals surface area (Å²) in [5, 5.41) is 3.39. The van der Waals surface area contributed by atoms with Gasteiger partial charge in [-0.15, -0.1) is 0 Å². The molecule has 0 spiro atoms. The smallest absolute Gasteiger partial charge is 0.136 e. The lowest BCUT2D eigenvalue weighted by molar-refractivity contribution is -0.122. The fourth-order valence-corrected chi connectivity index (χ4v) is 1.27. The second-order valence-corrected chi connectivity index (χ2v) is 4.25. The van der Waals surface area contributed by atoms with E-state index in [0.29, 0.717) is 24.3 Å². The molecule has 0 heterocycles. The van der Waals surface area contributed by atoms with Crippen molar-refractivity contribution in [2.45, 2.75) is 59.5 Å². The first kappa shape index (κ1) is 12.6.